The fraction of sp³-hybridized carbons (Fsp3) is 0.933. The molecule has 2 aliphatic rings. The van der Waals surface area contributed by atoms with Crippen LogP contribution in [0.4, 0.5) is 0 Å². The molecule has 0 saturated carbocycles. The number of nitrogens with zero attached hydrogens (tertiary/aromatic N) is 2. The van der Waals surface area contributed by atoms with Gasteiger partial charge in [0.1, 0.15) is 0 Å². The first kappa shape index (κ1) is 14.8. The average molecular weight is 267 g/mol. The van der Waals surface area contributed by atoms with Crippen molar-refractivity contribution in [2.24, 2.45) is 0 Å². The van der Waals surface area contributed by atoms with Crippen LogP contribution < -0.4 is 5.32 Å². The van der Waals surface area contributed by atoms with Crippen molar-refractivity contribution in [2.45, 2.75) is 58.0 Å². The van der Waals surface area contributed by atoms with Crippen molar-refractivity contribution < 1.29 is 4.79 Å². The van der Waals surface area contributed by atoms with Crippen LogP contribution in [0.15, 0.2) is 0 Å². The molecule has 110 valence electrons. The molecular weight excluding hydrogens is 238 g/mol. The van der Waals surface area contributed by atoms with E-state index in [1.54, 1.807) is 0 Å². The average Bonchev–Trinajstić information content (AvgIpc) is 2.98. The van der Waals surface area contributed by atoms with Crippen LogP contribution in [0, 0.1) is 0 Å². The fourth-order valence-corrected chi connectivity index (χ4v) is 3.28. The summed E-state index contributed by atoms with van der Waals surface area (Å²) in [6.45, 7) is 9.27. The second kappa shape index (κ2) is 7.25. The number of nitrogens with one attached hydrogen (secondary N) is 1. The lowest BCUT2D eigenvalue weighted by Crippen LogP contribution is -2.51. The van der Waals surface area contributed by atoms with Crippen LogP contribution in [0.2, 0.25) is 0 Å². The van der Waals surface area contributed by atoms with E-state index in [1.807, 2.05) is 4.90 Å². The van der Waals surface area contributed by atoms with Crippen molar-refractivity contribution in [3.05, 3.63) is 0 Å². The Morgan fingerprint density at radius 3 is 2.63 bits per heavy atom. The molecule has 0 aromatic rings. The molecule has 1 N–H and O–H groups in total. The van der Waals surface area contributed by atoms with E-state index in [1.165, 1.54) is 32.1 Å². The maximum Gasteiger partial charge on any atom is 0.239 e. The molecule has 4 heteroatoms. The Bertz CT molecular complexity index is 283. The lowest BCUT2D eigenvalue weighted by Gasteiger charge is -2.34. The van der Waals surface area contributed by atoms with E-state index >= 15 is 0 Å². The number of piperidine rings is 1. The molecule has 0 aromatic carbocycles. The van der Waals surface area contributed by atoms with Gasteiger partial charge in [-0.3, -0.25) is 9.69 Å². The Hall–Kier alpha value is -0.610. The highest BCUT2D eigenvalue weighted by Gasteiger charge is 2.28. The van der Waals surface area contributed by atoms with Gasteiger partial charge in [-0.05, 0) is 45.7 Å². The molecule has 0 spiro atoms. The molecule has 2 heterocycles. The van der Waals surface area contributed by atoms with Gasteiger partial charge in [0.15, 0.2) is 0 Å². The van der Waals surface area contributed by atoms with Gasteiger partial charge in [-0.25, -0.2) is 0 Å². The van der Waals surface area contributed by atoms with Crippen molar-refractivity contribution in [2.75, 3.05) is 32.7 Å². The lowest BCUT2D eigenvalue weighted by molar-refractivity contribution is -0.135. The first-order valence-corrected chi connectivity index (χ1v) is 7.98. The molecule has 4 nitrogen and oxygen atoms in total. The van der Waals surface area contributed by atoms with Crippen molar-refractivity contribution in [3.63, 3.8) is 0 Å². The Morgan fingerprint density at radius 2 is 2.05 bits per heavy atom. The molecule has 19 heavy (non-hydrogen) atoms. The number of likely N-dealkylation sites (N-methyl/N-ethyl adjacent to an activating group) is 1. The summed E-state index contributed by atoms with van der Waals surface area (Å²) in [6.07, 6.45) is 6.22. The molecular formula is C15H29N3O. The second-order valence-electron chi connectivity index (χ2n) is 5.94. The van der Waals surface area contributed by atoms with Gasteiger partial charge in [0.05, 0.1) is 6.04 Å². The largest absolute Gasteiger partial charge is 0.341 e. The summed E-state index contributed by atoms with van der Waals surface area (Å²) < 4.78 is 0. The van der Waals surface area contributed by atoms with E-state index in [0.29, 0.717) is 11.9 Å². The maximum absolute atomic E-state index is 12.5. The predicted octanol–water partition coefficient (Wildman–Crippen LogP) is 1.46. The Labute approximate surface area is 117 Å². The Balaban J connectivity index is 1.86. The van der Waals surface area contributed by atoms with Crippen LogP contribution in [-0.2, 0) is 4.79 Å². The first-order valence-electron chi connectivity index (χ1n) is 7.98. The summed E-state index contributed by atoms with van der Waals surface area (Å²) in [4.78, 5) is 16.8. The number of likely N-dealkylation sites (tertiary alicyclic amines) is 1. The monoisotopic (exact) mass is 267 g/mol. The molecule has 2 fully saturated rings. The van der Waals surface area contributed by atoms with E-state index in [-0.39, 0.29) is 6.04 Å². The third-order valence-corrected chi connectivity index (χ3v) is 4.60. The third kappa shape index (κ3) is 3.93. The van der Waals surface area contributed by atoms with Crippen LogP contribution in [-0.4, -0.2) is 60.5 Å². The standard InChI is InChI=1S/C15H29N3O/c1-3-17(12-14-8-4-5-9-16-14)13(2)15(19)18-10-6-7-11-18/h13-14,16H,3-12H2,1-2H3. The zero-order valence-corrected chi connectivity index (χ0v) is 12.5. The van der Waals surface area contributed by atoms with Gasteiger partial charge in [0.2, 0.25) is 5.91 Å². The Morgan fingerprint density at radius 1 is 1.32 bits per heavy atom. The minimum atomic E-state index is 0.0341. The highest BCUT2D eigenvalue weighted by molar-refractivity contribution is 5.81. The quantitative estimate of drug-likeness (QED) is 0.819. The molecule has 1 amide bonds. The minimum absolute atomic E-state index is 0.0341. The topological polar surface area (TPSA) is 35.6 Å². The van der Waals surface area contributed by atoms with Gasteiger partial charge < -0.3 is 10.2 Å². The third-order valence-electron chi connectivity index (χ3n) is 4.60. The van der Waals surface area contributed by atoms with Crippen LogP contribution in [0.1, 0.15) is 46.0 Å². The van der Waals surface area contributed by atoms with E-state index in [2.05, 4.69) is 24.1 Å². The van der Waals surface area contributed by atoms with E-state index in [9.17, 15) is 4.79 Å². The fourth-order valence-electron chi connectivity index (χ4n) is 3.28. The molecule has 2 saturated heterocycles. The number of hydrogen-bond acceptors (Lipinski definition) is 3. The summed E-state index contributed by atoms with van der Waals surface area (Å²) >= 11 is 0. The Kier molecular flexibility index (Phi) is 5.64. The van der Waals surface area contributed by atoms with E-state index in [4.69, 9.17) is 0 Å². The van der Waals surface area contributed by atoms with Crippen LogP contribution in [0.5, 0.6) is 0 Å². The smallest absolute Gasteiger partial charge is 0.239 e. The van der Waals surface area contributed by atoms with Crippen molar-refractivity contribution in [1.82, 2.24) is 15.1 Å². The highest BCUT2D eigenvalue weighted by atomic mass is 16.2. The van der Waals surface area contributed by atoms with Gasteiger partial charge in [-0.15, -0.1) is 0 Å². The number of amides is 1. The van der Waals surface area contributed by atoms with Gasteiger partial charge in [0, 0.05) is 25.7 Å². The maximum atomic E-state index is 12.5. The van der Waals surface area contributed by atoms with Gasteiger partial charge >= 0.3 is 0 Å². The molecule has 2 rings (SSSR count). The number of hydrogen-bond donors (Lipinski definition) is 1. The summed E-state index contributed by atoms with van der Waals surface area (Å²) in [7, 11) is 0. The summed E-state index contributed by atoms with van der Waals surface area (Å²) in [5.41, 5.74) is 0. The zero-order chi connectivity index (χ0) is 13.7. The molecule has 0 bridgehead atoms. The molecule has 0 aliphatic carbocycles. The molecule has 2 unspecified atom stereocenters. The summed E-state index contributed by atoms with van der Waals surface area (Å²) in [5, 5.41) is 3.58. The normalized spacial score (nSPS) is 25.8. The number of carbonyl (C=O) groups excluding carboxylic acids is 1. The minimum Gasteiger partial charge on any atom is -0.341 e. The van der Waals surface area contributed by atoms with Gasteiger partial charge in [0.25, 0.3) is 0 Å². The predicted molar refractivity (Wildman–Crippen MR) is 78.2 cm³/mol. The van der Waals surface area contributed by atoms with Crippen LogP contribution >= 0.6 is 0 Å². The zero-order valence-electron chi connectivity index (χ0n) is 12.5. The van der Waals surface area contributed by atoms with Gasteiger partial charge in [-0.1, -0.05) is 13.3 Å². The summed E-state index contributed by atoms with van der Waals surface area (Å²) in [5.74, 6) is 0.329. The van der Waals surface area contributed by atoms with Crippen LogP contribution in [0.25, 0.3) is 0 Å². The van der Waals surface area contributed by atoms with E-state index in [0.717, 1.165) is 32.7 Å². The number of carbonyl (C=O) groups is 1. The number of rotatable bonds is 5. The second-order valence-corrected chi connectivity index (χ2v) is 5.94. The molecule has 0 aromatic heterocycles. The van der Waals surface area contributed by atoms with Crippen LogP contribution in [0.3, 0.4) is 0 Å². The van der Waals surface area contributed by atoms with Crippen molar-refractivity contribution >= 4 is 5.91 Å². The van der Waals surface area contributed by atoms with Gasteiger partial charge in [-0.2, -0.15) is 0 Å². The highest BCUT2D eigenvalue weighted by Crippen LogP contribution is 2.14. The molecule has 2 atom stereocenters. The van der Waals surface area contributed by atoms with Crippen molar-refractivity contribution in [3.8, 4) is 0 Å². The van der Waals surface area contributed by atoms with Crippen molar-refractivity contribution in [1.29, 1.82) is 0 Å². The molecule has 0 radical (unpaired) electrons. The van der Waals surface area contributed by atoms with E-state index < -0.39 is 0 Å². The summed E-state index contributed by atoms with van der Waals surface area (Å²) in [6, 6.07) is 0.606. The SMILES string of the molecule is CCN(CC1CCCCN1)C(C)C(=O)N1CCCC1. The molecule has 2 aliphatic heterocycles. The first-order chi connectivity index (χ1) is 9.22. The lowest BCUT2D eigenvalue weighted by atomic mass is 10.0.